The fourth-order valence-corrected chi connectivity index (χ4v) is 9.14. The number of para-hydroxylation sites is 3. The van der Waals surface area contributed by atoms with Crippen LogP contribution in [-0.4, -0.2) is 19.1 Å². The quantitative estimate of drug-likeness (QED) is 0.176. The van der Waals surface area contributed by atoms with E-state index < -0.39 is 0 Å². The van der Waals surface area contributed by atoms with Crippen LogP contribution in [0.5, 0.6) is 0 Å². The van der Waals surface area contributed by atoms with Crippen molar-refractivity contribution >= 4 is 65.2 Å². The normalized spacial score (nSPS) is 11.8. The zero-order valence-corrected chi connectivity index (χ0v) is 31.4. The van der Waals surface area contributed by atoms with Crippen LogP contribution < -0.4 is 0 Å². The molecule has 0 fully saturated rings. The standard InChI is InChI=1S/C54H34N4/c1-2-18-38(19-3-1)57-50-27-11-9-23-46(50)52-51(57)33-32-45-44-22-8-10-26-49(44)58(53(45)52)39-30-28-37(29-31-39)54-55-47(42-24-12-16-35-14-4-6-20-40(35)42)34-48(56-54)43-25-13-17-36-15-5-7-21-41(36)43/h1-34H. The van der Waals surface area contributed by atoms with E-state index in [1.165, 1.54) is 65.2 Å². The Hall–Kier alpha value is -7.82. The minimum Gasteiger partial charge on any atom is -0.309 e. The van der Waals surface area contributed by atoms with Gasteiger partial charge in [0, 0.05) is 49.6 Å². The van der Waals surface area contributed by atoms with Gasteiger partial charge in [0.15, 0.2) is 5.82 Å². The first kappa shape index (κ1) is 32.4. The molecule has 3 heterocycles. The van der Waals surface area contributed by atoms with Gasteiger partial charge in [-0.1, -0.05) is 146 Å². The van der Waals surface area contributed by atoms with Gasteiger partial charge in [0.05, 0.1) is 33.5 Å². The molecular weight excluding hydrogens is 705 g/mol. The Labute approximate surface area is 334 Å². The Bertz CT molecular complexity index is 3450. The zero-order chi connectivity index (χ0) is 38.2. The van der Waals surface area contributed by atoms with Crippen molar-refractivity contribution in [3.8, 4) is 45.3 Å². The van der Waals surface area contributed by atoms with Gasteiger partial charge in [0.2, 0.25) is 0 Å². The highest BCUT2D eigenvalue weighted by atomic mass is 15.0. The Morgan fingerprint density at radius 1 is 0.328 bits per heavy atom. The van der Waals surface area contributed by atoms with Gasteiger partial charge >= 0.3 is 0 Å². The van der Waals surface area contributed by atoms with E-state index >= 15 is 0 Å². The van der Waals surface area contributed by atoms with Crippen molar-refractivity contribution in [2.45, 2.75) is 0 Å². The summed E-state index contributed by atoms with van der Waals surface area (Å²) < 4.78 is 4.83. The van der Waals surface area contributed by atoms with Crippen molar-refractivity contribution in [3.05, 3.63) is 206 Å². The average Bonchev–Trinajstić information content (AvgIpc) is 3.82. The van der Waals surface area contributed by atoms with Gasteiger partial charge in [-0.15, -0.1) is 0 Å². The summed E-state index contributed by atoms with van der Waals surface area (Å²) >= 11 is 0. The van der Waals surface area contributed by atoms with E-state index in [1.54, 1.807) is 0 Å². The zero-order valence-electron chi connectivity index (χ0n) is 31.4. The number of fused-ring (bicyclic) bond motifs is 9. The minimum atomic E-state index is 0.690. The van der Waals surface area contributed by atoms with Crippen molar-refractivity contribution in [1.82, 2.24) is 19.1 Å². The lowest BCUT2D eigenvalue weighted by Crippen LogP contribution is -1.98. The molecule has 0 radical (unpaired) electrons. The monoisotopic (exact) mass is 738 g/mol. The SMILES string of the molecule is c1ccc(-n2c3ccccc3c3c2ccc2c4ccccc4n(-c4ccc(-c5nc(-c6cccc7ccccc67)cc(-c6cccc7ccccc67)n5)cc4)c23)cc1. The third-order valence-corrected chi connectivity index (χ3v) is 11.7. The first-order chi connectivity index (χ1) is 28.8. The topological polar surface area (TPSA) is 35.6 Å². The van der Waals surface area contributed by atoms with Crippen LogP contribution in [0.1, 0.15) is 0 Å². The molecule has 0 amide bonds. The first-order valence-electron chi connectivity index (χ1n) is 19.8. The van der Waals surface area contributed by atoms with Crippen LogP contribution in [0.15, 0.2) is 206 Å². The van der Waals surface area contributed by atoms with E-state index in [-0.39, 0.29) is 0 Å². The first-order valence-corrected chi connectivity index (χ1v) is 19.8. The van der Waals surface area contributed by atoms with Crippen molar-refractivity contribution in [2.75, 3.05) is 0 Å². The van der Waals surface area contributed by atoms with Crippen molar-refractivity contribution in [3.63, 3.8) is 0 Å². The third-order valence-electron chi connectivity index (χ3n) is 11.7. The molecule has 0 unspecified atom stereocenters. The molecule has 0 aliphatic carbocycles. The van der Waals surface area contributed by atoms with E-state index in [2.05, 4.69) is 215 Å². The second kappa shape index (κ2) is 12.9. The molecule has 3 aromatic heterocycles. The van der Waals surface area contributed by atoms with Crippen LogP contribution in [0.4, 0.5) is 0 Å². The molecule has 58 heavy (non-hydrogen) atoms. The van der Waals surface area contributed by atoms with E-state index in [0.29, 0.717) is 5.82 Å². The highest BCUT2D eigenvalue weighted by molar-refractivity contribution is 6.26. The number of rotatable bonds is 5. The van der Waals surface area contributed by atoms with E-state index in [4.69, 9.17) is 9.97 Å². The number of hydrogen-bond acceptors (Lipinski definition) is 2. The molecule has 0 aliphatic heterocycles. The Kier molecular flexibility index (Phi) is 7.20. The van der Waals surface area contributed by atoms with Crippen LogP contribution >= 0.6 is 0 Å². The molecule has 0 saturated carbocycles. The maximum absolute atomic E-state index is 5.31. The summed E-state index contributed by atoms with van der Waals surface area (Å²) in [5, 5.41) is 9.63. The maximum atomic E-state index is 5.31. The fourth-order valence-electron chi connectivity index (χ4n) is 9.14. The Balaban J connectivity index is 1.08. The molecule has 4 heteroatoms. The van der Waals surface area contributed by atoms with Gasteiger partial charge in [-0.25, -0.2) is 9.97 Å². The van der Waals surface area contributed by atoms with Gasteiger partial charge in [-0.3, -0.25) is 0 Å². The van der Waals surface area contributed by atoms with E-state index in [1.807, 2.05) is 0 Å². The number of aromatic nitrogens is 4. The number of nitrogens with zero attached hydrogens (tertiary/aromatic N) is 4. The molecule has 9 aromatic carbocycles. The summed E-state index contributed by atoms with van der Waals surface area (Å²) in [6.07, 6.45) is 0. The molecule has 0 atom stereocenters. The molecule has 12 aromatic rings. The summed E-state index contributed by atoms with van der Waals surface area (Å²) in [5.41, 5.74) is 11.9. The summed E-state index contributed by atoms with van der Waals surface area (Å²) in [5.74, 6) is 0.690. The fraction of sp³-hybridized carbons (Fsp3) is 0. The predicted octanol–water partition coefficient (Wildman–Crippen LogP) is 14.0. The summed E-state index contributed by atoms with van der Waals surface area (Å²) in [7, 11) is 0. The molecule has 0 aliphatic rings. The Morgan fingerprint density at radius 2 is 0.845 bits per heavy atom. The Morgan fingerprint density at radius 3 is 1.50 bits per heavy atom. The summed E-state index contributed by atoms with van der Waals surface area (Å²) in [6, 6.07) is 73.7. The lowest BCUT2D eigenvalue weighted by atomic mass is 9.98. The van der Waals surface area contributed by atoms with Crippen LogP contribution in [0, 0.1) is 0 Å². The second-order valence-electron chi connectivity index (χ2n) is 15.0. The van der Waals surface area contributed by atoms with Crippen LogP contribution in [0.2, 0.25) is 0 Å². The van der Waals surface area contributed by atoms with Crippen molar-refractivity contribution in [2.24, 2.45) is 0 Å². The summed E-state index contributed by atoms with van der Waals surface area (Å²) in [4.78, 5) is 10.6. The molecule has 0 spiro atoms. The molecule has 0 saturated heterocycles. The van der Waals surface area contributed by atoms with Crippen molar-refractivity contribution < 1.29 is 0 Å². The smallest absolute Gasteiger partial charge is 0.160 e. The average molecular weight is 739 g/mol. The number of hydrogen-bond donors (Lipinski definition) is 0. The lowest BCUT2D eigenvalue weighted by molar-refractivity contribution is 1.17. The van der Waals surface area contributed by atoms with Crippen LogP contribution in [-0.2, 0) is 0 Å². The van der Waals surface area contributed by atoms with Crippen LogP contribution in [0.25, 0.3) is 110 Å². The second-order valence-corrected chi connectivity index (χ2v) is 15.0. The number of benzene rings is 9. The largest absolute Gasteiger partial charge is 0.309 e. The van der Waals surface area contributed by atoms with Gasteiger partial charge in [-0.05, 0) is 82.2 Å². The highest BCUT2D eigenvalue weighted by Crippen LogP contribution is 2.42. The summed E-state index contributed by atoms with van der Waals surface area (Å²) in [6.45, 7) is 0. The van der Waals surface area contributed by atoms with Crippen molar-refractivity contribution in [1.29, 1.82) is 0 Å². The minimum absolute atomic E-state index is 0.690. The lowest BCUT2D eigenvalue weighted by Gasteiger charge is -2.13. The molecule has 0 N–H and O–H groups in total. The van der Waals surface area contributed by atoms with Crippen LogP contribution in [0.3, 0.4) is 0 Å². The maximum Gasteiger partial charge on any atom is 0.160 e. The van der Waals surface area contributed by atoms with Gasteiger partial charge in [-0.2, -0.15) is 0 Å². The van der Waals surface area contributed by atoms with Gasteiger partial charge in [0.25, 0.3) is 0 Å². The molecule has 12 rings (SSSR count). The molecule has 270 valence electrons. The molecule has 0 bridgehead atoms. The van der Waals surface area contributed by atoms with E-state index in [9.17, 15) is 0 Å². The van der Waals surface area contributed by atoms with Gasteiger partial charge < -0.3 is 9.13 Å². The predicted molar refractivity (Wildman–Crippen MR) is 242 cm³/mol. The van der Waals surface area contributed by atoms with E-state index in [0.717, 1.165) is 39.5 Å². The third kappa shape index (κ3) is 4.95. The van der Waals surface area contributed by atoms with Gasteiger partial charge in [0.1, 0.15) is 0 Å². The highest BCUT2D eigenvalue weighted by Gasteiger charge is 2.21. The molecular formula is C54H34N4. The molecule has 4 nitrogen and oxygen atoms in total.